The Kier molecular flexibility index (Phi) is 5.53. The molecule has 134 valence electrons. The number of amides is 1. The Morgan fingerprint density at radius 2 is 2.08 bits per heavy atom. The van der Waals surface area contributed by atoms with Crippen LogP contribution in [0.25, 0.3) is 0 Å². The van der Waals surface area contributed by atoms with Crippen molar-refractivity contribution in [3.05, 3.63) is 34.4 Å². The normalized spacial score (nSPS) is 14.1. The molecule has 3 rings (SSSR count). The van der Waals surface area contributed by atoms with Crippen molar-refractivity contribution < 1.29 is 4.79 Å². The second kappa shape index (κ2) is 7.82. The maximum Gasteiger partial charge on any atom is 0.271 e. The summed E-state index contributed by atoms with van der Waals surface area (Å²) in [6.07, 6.45) is 4.54. The summed E-state index contributed by atoms with van der Waals surface area (Å²) in [7, 11) is 0. The first-order valence-electron chi connectivity index (χ1n) is 8.61. The van der Waals surface area contributed by atoms with Crippen molar-refractivity contribution in [3.8, 4) is 0 Å². The summed E-state index contributed by atoms with van der Waals surface area (Å²) in [6.45, 7) is 7.14. The Labute approximate surface area is 152 Å². The summed E-state index contributed by atoms with van der Waals surface area (Å²) in [5.74, 6) is 0.316. The fraction of sp³-hybridized carbons (Fsp3) is 0.529. The van der Waals surface area contributed by atoms with E-state index in [9.17, 15) is 4.79 Å². The number of aromatic nitrogens is 4. The van der Waals surface area contributed by atoms with Crippen LogP contribution >= 0.6 is 11.6 Å². The van der Waals surface area contributed by atoms with Crippen LogP contribution in [0, 0.1) is 13.8 Å². The molecule has 1 aliphatic heterocycles. The molecule has 1 N–H and O–H groups in total. The molecule has 0 aliphatic carbocycles. The standard InChI is InChI=1S/C17H23ClN6O/c1-12-10-13(2)24(22-12)9-5-6-19-16(25)15-14(18)11-20-17(21-15)23-7-3-4-8-23/h10-11H,3-9H2,1-2H3,(H,19,25). The Bertz CT molecular complexity index is 754. The zero-order valence-corrected chi connectivity index (χ0v) is 15.4. The summed E-state index contributed by atoms with van der Waals surface area (Å²) in [6, 6.07) is 2.04. The molecular formula is C17H23ClN6O. The highest BCUT2D eigenvalue weighted by Crippen LogP contribution is 2.19. The SMILES string of the molecule is Cc1cc(C)n(CCCNC(=O)c2nc(N3CCCC3)ncc2Cl)n1. The van der Waals surface area contributed by atoms with Gasteiger partial charge < -0.3 is 10.2 Å². The fourth-order valence-electron chi connectivity index (χ4n) is 3.00. The van der Waals surface area contributed by atoms with Crippen molar-refractivity contribution in [2.75, 3.05) is 24.5 Å². The molecule has 0 spiro atoms. The number of carbonyl (C=O) groups excluding carboxylic acids is 1. The van der Waals surface area contributed by atoms with Crippen LogP contribution in [0.5, 0.6) is 0 Å². The van der Waals surface area contributed by atoms with Crippen LogP contribution < -0.4 is 10.2 Å². The van der Waals surface area contributed by atoms with Crippen molar-refractivity contribution in [3.63, 3.8) is 0 Å². The molecule has 7 nitrogen and oxygen atoms in total. The lowest BCUT2D eigenvalue weighted by Crippen LogP contribution is -2.28. The molecule has 1 fully saturated rings. The smallest absolute Gasteiger partial charge is 0.271 e. The summed E-state index contributed by atoms with van der Waals surface area (Å²) in [5.41, 5.74) is 2.37. The van der Waals surface area contributed by atoms with E-state index in [2.05, 4.69) is 25.3 Å². The molecule has 3 heterocycles. The Morgan fingerprint density at radius 3 is 2.76 bits per heavy atom. The minimum Gasteiger partial charge on any atom is -0.351 e. The Morgan fingerprint density at radius 1 is 1.32 bits per heavy atom. The Hall–Kier alpha value is -2.15. The van der Waals surface area contributed by atoms with Crippen molar-refractivity contribution in [1.29, 1.82) is 0 Å². The molecule has 1 aliphatic rings. The molecule has 0 aromatic carbocycles. The summed E-state index contributed by atoms with van der Waals surface area (Å²) < 4.78 is 1.95. The maximum absolute atomic E-state index is 12.4. The van der Waals surface area contributed by atoms with Gasteiger partial charge in [-0.1, -0.05) is 11.6 Å². The van der Waals surface area contributed by atoms with E-state index in [-0.39, 0.29) is 16.6 Å². The predicted molar refractivity (Wildman–Crippen MR) is 97.1 cm³/mol. The lowest BCUT2D eigenvalue weighted by atomic mass is 10.3. The second-order valence-corrected chi connectivity index (χ2v) is 6.73. The average Bonchev–Trinajstić information content (AvgIpc) is 3.22. The van der Waals surface area contributed by atoms with E-state index in [1.165, 1.54) is 6.20 Å². The largest absolute Gasteiger partial charge is 0.351 e. The van der Waals surface area contributed by atoms with Crippen LogP contribution in [0.3, 0.4) is 0 Å². The first-order chi connectivity index (χ1) is 12.0. The molecule has 1 amide bonds. The van der Waals surface area contributed by atoms with Crippen LogP contribution in [0.4, 0.5) is 5.95 Å². The predicted octanol–water partition coefficient (Wildman–Crippen LogP) is 2.36. The van der Waals surface area contributed by atoms with Gasteiger partial charge in [0, 0.05) is 31.9 Å². The third-order valence-electron chi connectivity index (χ3n) is 4.27. The lowest BCUT2D eigenvalue weighted by molar-refractivity contribution is 0.0947. The number of carbonyl (C=O) groups is 1. The maximum atomic E-state index is 12.4. The van der Waals surface area contributed by atoms with Gasteiger partial charge >= 0.3 is 0 Å². The minimum absolute atomic E-state index is 0.240. The second-order valence-electron chi connectivity index (χ2n) is 6.32. The van der Waals surface area contributed by atoms with Gasteiger partial charge in [0.25, 0.3) is 5.91 Å². The minimum atomic E-state index is -0.263. The van der Waals surface area contributed by atoms with Crippen LogP contribution in [-0.4, -0.2) is 45.3 Å². The van der Waals surface area contributed by atoms with E-state index in [0.29, 0.717) is 12.5 Å². The first kappa shape index (κ1) is 17.7. The van der Waals surface area contributed by atoms with E-state index >= 15 is 0 Å². The van der Waals surface area contributed by atoms with Gasteiger partial charge in [0.05, 0.1) is 16.9 Å². The Balaban J connectivity index is 1.55. The van der Waals surface area contributed by atoms with E-state index in [1.807, 2.05) is 24.6 Å². The third kappa shape index (κ3) is 4.28. The number of anilines is 1. The monoisotopic (exact) mass is 362 g/mol. The number of halogens is 1. The average molecular weight is 363 g/mol. The quantitative estimate of drug-likeness (QED) is 0.798. The van der Waals surface area contributed by atoms with Crippen LogP contribution in [0.1, 0.15) is 41.1 Å². The van der Waals surface area contributed by atoms with Crippen LogP contribution in [-0.2, 0) is 6.54 Å². The highest BCUT2D eigenvalue weighted by molar-refractivity contribution is 6.33. The van der Waals surface area contributed by atoms with Gasteiger partial charge in [-0.15, -0.1) is 0 Å². The van der Waals surface area contributed by atoms with Crippen LogP contribution in [0.15, 0.2) is 12.3 Å². The zero-order valence-electron chi connectivity index (χ0n) is 14.6. The topological polar surface area (TPSA) is 75.9 Å². The van der Waals surface area contributed by atoms with E-state index in [0.717, 1.165) is 50.3 Å². The molecule has 0 bridgehead atoms. The highest BCUT2D eigenvalue weighted by atomic mass is 35.5. The third-order valence-corrected chi connectivity index (χ3v) is 4.55. The summed E-state index contributed by atoms with van der Waals surface area (Å²) >= 11 is 6.11. The van der Waals surface area contributed by atoms with E-state index < -0.39 is 0 Å². The molecule has 0 radical (unpaired) electrons. The molecule has 0 unspecified atom stereocenters. The van der Waals surface area contributed by atoms with Gasteiger partial charge in [-0.25, -0.2) is 9.97 Å². The van der Waals surface area contributed by atoms with E-state index in [1.54, 1.807) is 0 Å². The van der Waals surface area contributed by atoms with Gasteiger partial charge in [0.2, 0.25) is 5.95 Å². The van der Waals surface area contributed by atoms with Gasteiger partial charge in [0.1, 0.15) is 0 Å². The van der Waals surface area contributed by atoms with Crippen LogP contribution in [0.2, 0.25) is 5.02 Å². The van der Waals surface area contributed by atoms with Crippen molar-refractivity contribution in [2.45, 2.75) is 39.7 Å². The number of nitrogens with zero attached hydrogens (tertiary/aromatic N) is 5. The fourth-order valence-corrected chi connectivity index (χ4v) is 3.18. The van der Waals surface area contributed by atoms with Crippen molar-refractivity contribution >= 4 is 23.5 Å². The molecule has 1 saturated heterocycles. The van der Waals surface area contributed by atoms with Gasteiger partial charge in [-0.05, 0) is 39.2 Å². The highest BCUT2D eigenvalue weighted by Gasteiger charge is 2.19. The molecule has 2 aromatic heterocycles. The van der Waals surface area contributed by atoms with Crippen molar-refractivity contribution in [1.82, 2.24) is 25.1 Å². The lowest BCUT2D eigenvalue weighted by Gasteiger charge is -2.16. The molecule has 0 saturated carbocycles. The molecule has 25 heavy (non-hydrogen) atoms. The summed E-state index contributed by atoms with van der Waals surface area (Å²) in [5, 5.41) is 7.57. The zero-order chi connectivity index (χ0) is 17.8. The van der Waals surface area contributed by atoms with Gasteiger partial charge in [-0.3, -0.25) is 9.48 Å². The van der Waals surface area contributed by atoms with Gasteiger partial charge in [0.15, 0.2) is 5.69 Å². The number of rotatable bonds is 6. The number of nitrogens with one attached hydrogen (secondary N) is 1. The first-order valence-corrected chi connectivity index (χ1v) is 8.99. The molecule has 0 atom stereocenters. The van der Waals surface area contributed by atoms with E-state index in [4.69, 9.17) is 11.6 Å². The van der Waals surface area contributed by atoms with Gasteiger partial charge in [-0.2, -0.15) is 5.10 Å². The molecule has 8 heteroatoms. The van der Waals surface area contributed by atoms with Crippen molar-refractivity contribution in [2.24, 2.45) is 0 Å². The molecular weight excluding hydrogens is 340 g/mol. The summed E-state index contributed by atoms with van der Waals surface area (Å²) in [4.78, 5) is 23.1. The number of hydrogen-bond donors (Lipinski definition) is 1. The molecule has 2 aromatic rings. The number of hydrogen-bond acceptors (Lipinski definition) is 5. The number of aryl methyl sites for hydroxylation is 3.